The fourth-order valence-corrected chi connectivity index (χ4v) is 2.61. The third-order valence-electron chi connectivity index (χ3n) is 4.18. The van der Waals surface area contributed by atoms with Crippen molar-refractivity contribution in [3.8, 4) is 0 Å². The van der Waals surface area contributed by atoms with Crippen LogP contribution in [0.5, 0.6) is 0 Å². The molecule has 0 heterocycles. The molecule has 0 aliphatic carbocycles. The third kappa shape index (κ3) is 6.33. The fourth-order valence-electron chi connectivity index (χ4n) is 2.61. The van der Waals surface area contributed by atoms with Gasteiger partial charge in [-0.25, -0.2) is 0 Å². The highest BCUT2D eigenvalue weighted by Crippen LogP contribution is 2.11. The highest BCUT2D eigenvalue weighted by molar-refractivity contribution is 5.94. The zero-order valence-electron chi connectivity index (χ0n) is 15.3. The lowest BCUT2D eigenvalue weighted by atomic mass is 10.1. The zero-order valence-corrected chi connectivity index (χ0v) is 15.3. The lowest BCUT2D eigenvalue weighted by molar-refractivity contribution is 0.0871. The summed E-state index contributed by atoms with van der Waals surface area (Å²) < 4.78 is 0. The smallest absolute Gasteiger partial charge is 0.251 e. The van der Waals surface area contributed by atoms with E-state index in [9.17, 15) is 9.90 Å². The molecule has 0 saturated carbocycles. The van der Waals surface area contributed by atoms with Crippen LogP contribution in [-0.2, 0) is 13.1 Å². The number of aliphatic hydroxyl groups is 1. The molecule has 0 spiro atoms. The van der Waals surface area contributed by atoms with Gasteiger partial charge in [-0.15, -0.1) is 0 Å². The predicted molar refractivity (Wildman–Crippen MR) is 101 cm³/mol. The molecule has 0 saturated heterocycles. The van der Waals surface area contributed by atoms with E-state index < -0.39 is 6.10 Å². The number of nitrogens with one attached hydrogen (secondary N) is 1. The number of hydrogen-bond acceptors (Lipinski definition) is 3. The van der Waals surface area contributed by atoms with Gasteiger partial charge in [-0.1, -0.05) is 56.3 Å². The summed E-state index contributed by atoms with van der Waals surface area (Å²) in [5, 5.41) is 12.6. The highest BCUT2D eigenvalue weighted by atomic mass is 16.3. The van der Waals surface area contributed by atoms with Gasteiger partial charge in [0.05, 0.1) is 6.10 Å². The molecule has 0 aliphatic rings. The summed E-state index contributed by atoms with van der Waals surface area (Å²) >= 11 is 0. The van der Waals surface area contributed by atoms with Gasteiger partial charge in [0.2, 0.25) is 0 Å². The first-order chi connectivity index (χ1) is 12.0. The quantitative estimate of drug-likeness (QED) is 0.776. The van der Waals surface area contributed by atoms with Gasteiger partial charge in [-0.3, -0.25) is 9.69 Å². The minimum Gasteiger partial charge on any atom is -0.391 e. The van der Waals surface area contributed by atoms with Gasteiger partial charge < -0.3 is 10.4 Å². The molecule has 2 N–H and O–H groups in total. The first-order valence-corrected chi connectivity index (χ1v) is 8.73. The van der Waals surface area contributed by atoms with E-state index in [-0.39, 0.29) is 18.4 Å². The predicted octanol–water partition coefficient (Wildman–Crippen LogP) is 3.07. The van der Waals surface area contributed by atoms with E-state index in [4.69, 9.17) is 0 Å². The lowest BCUT2D eigenvalue weighted by Gasteiger charge is -2.18. The van der Waals surface area contributed by atoms with Crippen molar-refractivity contribution in [2.75, 3.05) is 13.6 Å². The molecule has 0 bridgehead atoms. The number of aliphatic hydroxyl groups excluding tert-OH is 1. The van der Waals surface area contributed by atoms with Gasteiger partial charge in [0.1, 0.15) is 0 Å². The van der Waals surface area contributed by atoms with Crippen molar-refractivity contribution < 1.29 is 9.90 Å². The summed E-state index contributed by atoms with van der Waals surface area (Å²) in [5.74, 6) is -0.0227. The molecule has 4 nitrogen and oxygen atoms in total. The van der Waals surface area contributed by atoms with E-state index in [0.717, 1.165) is 18.7 Å². The van der Waals surface area contributed by atoms with Crippen molar-refractivity contribution in [1.82, 2.24) is 10.2 Å². The molecule has 0 fully saturated rings. The highest BCUT2D eigenvalue weighted by Gasteiger charge is 2.12. The Labute approximate surface area is 150 Å². The summed E-state index contributed by atoms with van der Waals surface area (Å²) in [6.07, 6.45) is -0.524. The van der Waals surface area contributed by atoms with Crippen LogP contribution in [0.2, 0.25) is 0 Å². The monoisotopic (exact) mass is 340 g/mol. The van der Waals surface area contributed by atoms with Crippen LogP contribution in [0.1, 0.15) is 35.3 Å². The molecule has 1 unspecified atom stereocenters. The number of hydrogen-bond donors (Lipinski definition) is 2. The Morgan fingerprint density at radius 2 is 1.68 bits per heavy atom. The van der Waals surface area contributed by atoms with Gasteiger partial charge in [0, 0.05) is 25.2 Å². The van der Waals surface area contributed by atoms with Crippen LogP contribution < -0.4 is 5.32 Å². The molecule has 2 aromatic rings. The second-order valence-electron chi connectivity index (χ2n) is 6.88. The molecule has 4 heteroatoms. The largest absolute Gasteiger partial charge is 0.391 e. The van der Waals surface area contributed by atoms with E-state index in [0.29, 0.717) is 5.56 Å². The van der Waals surface area contributed by atoms with Gasteiger partial charge in [0.15, 0.2) is 0 Å². The van der Waals surface area contributed by atoms with E-state index in [1.54, 1.807) is 6.07 Å². The van der Waals surface area contributed by atoms with Crippen LogP contribution in [-0.4, -0.2) is 35.6 Å². The Bertz CT molecular complexity index is 671. The van der Waals surface area contributed by atoms with E-state index >= 15 is 0 Å². The third-order valence-corrected chi connectivity index (χ3v) is 4.18. The standard InChI is InChI=1S/C21H28N2O2/c1-16(2)20(24)13-22-21(25)19-11-7-10-18(12-19)15-23(3)14-17-8-5-4-6-9-17/h4-12,16,20,24H,13-15H2,1-3H3,(H,22,25). The normalized spacial score (nSPS) is 12.4. The molecule has 0 radical (unpaired) electrons. The number of rotatable bonds is 8. The molecule has 0 aliphatic heterocycles. The van der Waals surface area contributed by atoms with Gasteiger partial charge in [-0.2, -0.15) is 0 Å². The van der Waals surface area contributed by atoms with Crippen LogP contribution in [0.4, 0.5) is 0 Å². The topological polar surface area (TPSA) is 52.6 Å². The average molecular weight is 340 g/mol. The minimum absolute atomic E-state index is 0.123. The van der Waals surface area contributed by atoms with Gasteiger partial charge in [-0.05, 0) is 36.2 Å². The van der Waals surface area contributed by atoms with Gasteiger partial charge >= 0.3 is 0 Å². The fraction of sp³-hybridized carbons (Fsp3) is 0.381. The molecular formula is C21H28N2O2. The van der Waals surface area contributed by atoms with Crippen LogP contribution >= 0.6 is 0 Å². The number of carbonyl (C=O) groups is 1. The Morgan fingerprint density at radius 1 is 1.04 bits per heavy atom. The molecule has 25 heavy (non-hydrogen) atoms. The summed E-state index contributed by atoms with van der Waals surface area (Å²) in [4.78, 5) is 14.5. The second-order valence-corrected chi connectivity index (χ2v) is 6.88. The number of benzene rings is 2. The maximum Gasteiger partial charge on any atom is 0.251 e. The first kappa shape index (κ1) is 19.2. The van der Waals surface area contributed by atoms with E-state index in [2.05, 4.69) is 29.4 Å². The van der Waals surface area contributed by atoms with Crippen molar-refractivity contribution >= 4 is 5.91 Å². The summed E-state index contributed by atoms with van der Waals surface area (Å²) in [7, 11) is 2.07. The molecule has 1 atom stereocenters. The Morgan fingerprint density at radius 3 is 2.36 bits per heavy atom. The summed E-state index contributed by atoms with van der Waals surface area (Å²) in [5.41, 5.74) is 2.98. The van der Waals surface area contributed by atoms with E-state index in [1.807, 2.05) is 50.2 Å². The second kappa shape index (κ2) is 9.35. The Balaban J connectivity index is 1.92. The molecule has 0 aromatic heterocycles. The maximum atomic E-state index is 12.3. The van der Waals surface area contributed by atoms with Crippen molar-refractivity contribution in [2.24, 2.45) is 5.92 Å². The SMILES string of the molecule is CC(C)C(O)CNC(=O)c1cccc(CN(C)Cc2ccccc2)c1. The molecule has 2 rings (SSSR count). The summed E-state index contributed by atoms with van der Waals surface area (Å²) in [6, 6.07) is 18.0. The number of nitrogens with zero attached hydrogens (tertiary/aromatic N) is 1. The minimum atomic E-state index is -0.524. The number of amides is 1. The Hall–Kier alpha value is -2.17. The maximum absolute atomic E-state index is 12.3. The molecule has 1 amide bonds. The van der Waals surface area contributed by atoms with Gasteiger partial charge in [0.25, 0.3) is 5.91 Å². The van der Waals surface area contributed by atoms with Crippen LogP contribution in [0.15, 0.2) is 54.6 Å². The van der Waals surface area contributed by atoms with Crippen molar-refractivity contribution in [3.05, 3.63) is 71.3 Å². The lowest BCUT2D eigenvalue weighted by Crippen LogP contribution is -2.34. The Kier molecular flexibility index (Phi) is 7.16. The van der Waals surface area contributed by atoms with Crippen LogP contribution in [0.3, 0.4) is 0 Å². The average Bonchev–Trinajstić information content (AvgIpc) is 2.60. The van der Waals surface area contributed by atoms with Crippen LogP contribution in [0.25, 0.3) is 0 Å². The van der Waals surface area contributed by atoms with Crippen molar-refractivity contribution in [1.29, 1.82) is 0 Å². The van der Waals surface area contributed by atoms with E-state index in [1.165, 1.54) is 5.56 Å². The molecular weight excluding hydrogens is 312 g/mol. The van der Waals surface area contributed by atoms with Crippen molar-refractivity contribution in [3.63, 3.8) is 0 Å². The van der Waals surface area contributed by atoms with Crippen molar-refractivity contribution in [2.45, 2.75) is 33.0 Å². The van der Waals surface area contributed by atoms with Crippen LogP contribution in [0, 0.1) is 5.92 Å². The number of carbonyl (C=O) groups excluding carboxylic acids is 1. The molecule has 2 aromatic carbocycles. The molecule has 134 valence electrons. The zero-order chi connectivity index (χ0) is 18.2. The summed E-state index contributed by atoms with van der Waals surface area (Å²) in [6.45, 7) is 5.76. The first-order valence-electron chi connectivity index (χ1n) is 8.73.